The third kappa shape index (κ3) is 1.83. The largest absolute Gasteiger partial charge is 0.340 e. The maximum absolute atomic E-state index is 11.7. The van der Waals surface area contributed by atoms with Crippen molar-refractivity contribution >= 4 is 17.0 Å². The Hall–Kier alpha value is -0.420. The van der Waals surface area contributed by atoms with E-state index >= 15 is 0 Å². The summed E-state index contributed by atoms with van der Waals surface area (Å²) in [6.45, 7) is 0.941. The molecule has 1 heterocycles. The Kier molecular flexibility index (Phi) is 2.88. The van der Waals surface area contributed by atoms with E-state index in [0.29, 0.717) is 13.1 Å². The van der Waals surface area contributed by atoms with Gasteiger partial charge in [0.25, 0.3) is 0 Å². The number of rotatable bonds is 2. The van der Waals surface area contributed by atoms with Crippen LogP contribution < -0.4 is 0 Å². The molecule has 1 aliphatic carbocycles. The summed E-state index contributed by atoms with van der Waals surface area (Å²) in [5.41, 5.74) is 0. The molecule has 2 fully saturated rings. The Morgan fingerprint density at radius 3 is 2.36 bits per heavy atom. The van der Waals surface area contributed by atoms with Gasteiger partial charge in [-0.3, -0.25) is 4.79 Å². The fourth-order valence-electron chi connectivity index (χ4n) is 2.18. The molecule has 5 heteroatoms. The monoisotopic (exact) mass is 217 g/mol. The van der Waals surface area contributed by atoms with Gasteiger partial charge < -0.3 is 9.45 Å². The van der Waals surface area contributed by atoms with Crippen LogP contribution in [0.25, 0.3) is 0 Å². The molecule has 14 heavy (non-hydrogen) atoms. The van der Waals surface area contributed by atoms with Gasteiger partial charge in [0.05, 0.1) is 5.25 Å². The van der Waals surface area contributed by atoms with Crippen LogP contribution in [-0.4, -0.2) is 37.9 Å². The number of hydrogen-bond acceptors (Lipinski definition) is 2. The lowest BCUT2D eigenvalue weighted by Crippen LogP contribution is -2.56. The topological polar surface area (TPSA) is 57.6 Å². The van der Waals surface area contributed by atoms with Gasteiger partial charge in [0.15, 0.2) is 11.1 Å². The first-order valence-corrected chi connectivity index (χ1v) is 6.24. The Bertz CT molecular complexity index is 257. The van der Waals surface area contributed by atoms with Gasteiger partial charge in [-0.15, -0.1) is 0 Å². The summed E-state index contributed by atoms with van der Waals surface area (Å²) >= 11 is -1.76. The van der Waals surface area contributed by atoms with Gasteiger partial charge in [0.2, 0.25) is 5.91 Å². The maximum Gasteiger partial charge on any atom is 0.225 e. The lowest BCUT2D eigenvalue weighted by molar-refractivity contribution is -0.138. The van der Waals surface area contributed by atoms with Crippen molar-refractivity contribution < 1.29 is 13.6 Å². The van der Waals surface area contributed by atoms with Crippen molar-refractivity contribution in [3.63, 3.8) is 0 Å². The minimum Gasteiger partial charge on any atom is -0.340 e. The van der Waals surface area contributed by atoms with Gasteiger partial charge in [0.1, 0.15) is 0 Å². The second kappa shape index (κ2) is 3.98. The standard InChI is InChI=1S/C9H15NO3S/c11-9(7-3-1-2-4-7)10-5-8(6-10)14(12)13/h7-8H,1-6H2,(H,12,13). The zero-order valence-electron chi connectivity index (χ0n) is 8.02. The number of carbonyl (C=O) groups is 1. The zero-order valence-corrected chi connectivity index (χ0v) is 8.83. The molecule has 80 valence electrons. The molecule has 1 amide bonds. The Balaban J connectivity index is 1.81. The predicted molar refractivity (Wildman–Crippen MR) is 53.1 cm³/mol. The second-order valence-corrected chi connectivity index (χ2v) is 5.34. The molecule has 4 nitrogen and oxygen atoms in total. The average Bonchev–Trinajstić information content (AvgIpc) is 2.51. The van der Waals surface area contributed by atoms with Crippen LogP contribution in [0, 0.1) is 5.92 Å². The minimum atomic E-state index is -1.76. The summed E-state index contributed by atoms with van der Waals surface area (Å²) < 4.78 is 19.4. The molecule has 1 aliphatic heterocycles. The van der Waals surface area contributed by atoms with E-state index in [1.165, 1.54) is 0 Å². The van der Waals surface area contributed by atoms with Gasteiger partial charge in [0, 0.05) is 19.0 Å². The summed E-state index contributed by atoms with van der Waals surface area (Å²) in [5.74, 6) is 0.396. The summed E-state index contributed by atoms with van der Waals surface area (Å²) in [6.07, 6.45) is 4.31. The average molecular weight is 217 g/mol. The molecule has 1 unspecified atom stereocenters. The molecule has 0 radical (unpaired) electrons. The molecule has 0 aromatic heterocycles. The normalized spacial score (nSPS) is 26.2. The molecule has 2 aliphatic rings. The van der Waals surface area contributed by atoms with Crippen LogP contribution in [0.4, 0.5) is 0 Å². The first-order valence-electron chi connectivity index (χ1n) is 5.07. The van der Waals surface area contributed by atoms with Gasteiger partial charge in [-0.2, -0.15) is 0 Å². The zero-order chi connectivity index (χ0) is 10.1. The van der Waals surface area contributed by atoms with E-state index in [9.17, 15) is 9.00 Å². The number of amides is 1. The molecular weight excluding hydrogens is 202 g/mol. The fraction of sp³-hybridized carbons (Fsp3) is 0.889. The van der Waals surface area contributed by atoms with E-state index in [0.717, 1.165) is 25.7 Å². The molecule has 1 atom stereocenters. The first kappa shape index (κ1) is 10.1. The van der Waals surface area contributed by atoms with Crippen LogP contribution in [0.3, 0.4) is 0 Å². The van der Waals surface area contributed by atoms with Crippen molar-refractivity contribution in [2.75, 3.05) is 13.1 Å². The smallest absolute Gasteiger partial charge is 0.225 e. The summed E-state index contributed by atoms with van der Waals surface area (Å²) in [6, 6.07) is 0. The van der Waals surface area contributed by atoms with Crippen molar-refractivity contribution in [2.45, 2.75) is 30.9 Å². The van der Waals surface area contributed by atoms with Gasteiger partial charge in [-0.05, 0) is 12.8 Å². The first-order chi connectivity index (χ1) is 6.68. The highest BCUT2D eigenvalue weighted by atomic mass is 32.2. The quantitative estimate of drug-likeness (QED) is 0.689. The van der Waals surface area contributed by atoms with E-state index in [1.807, 2.05) is 0 Å². The molecule has 1 saturated heterocycles. The summed E-state index contributed by atoms with van der Waals surface area (Å²) in [5, 5.41) is -0.208. The lowest BCUT2D eigenvalue weighted by atomic mass is 10.0. The number of nitrogens with zero attached hydrogens (tertiary/aromatic N) is 1. The highest BCUT2D eigenvalue weighted by Gasteiger charge is 2.37. The Morgan fingerprint density at radius 2 is 1.86 bits per heavy atom. The molecule has 2 rings (SSSR count). The van der Waals surface area contributed by atoms with Gasteiger partial charge in [-0.1, -0.05) is 12.8 Å². The van der Waals surface area contributed by atoms with Crippen LogP contribution in [0.2, 0.25) is 0 Å². The third-order valence-corrected chi connectivity index (χ3v) is 4.02. The summed E-state index contributed by atoms with van der Waals surface area (Å²) in [7, 11) is 0. The van der Waals surface area contributed by atoms with Gasteiger partial charge in [-0.25, -0.2) is 4.21 Å². The van der Waals surface area contributed by atoms with Crippen molar-refractivity contribution in [2.24, 2.45) is 5.92 Å². The highest BCUT2D eigenvalue weighted by Crippen LogP contribution is 2.28. The molecule has 0 aromatic carbocycles. The SMILES string of the molecule is O=C(C1CCCC1)N1CC(S(=O)O)C1. The van der Waals surface area contributed by atoms with Gasteiger partial charge >= 0.3 is 0 Å². The van der Waals surface area contributed by atoms with Crippen LogP contribution in [0.5, 0.6) is 0 Å². The summed E-state index contributed by atoms with van der Waals surface area (Å²) in [4.78, 5) is 13.5. The molecule has 1 N–H and O–H groups in total. The van der Waals surface area contributed by atoms with E-state index in [-0.39, 0.29) is 17.1 Å². The van der Waals surface area contributed by atoms with E-state index in [1.54, 1.807) is 4.90 Å². The maximum atomic E-state index is 11.7. The molecule has 0 bridgehead atoms. The van der Waals surface area contributed by atoms with Crippen LogP contribution >= 0.6 is 0 Å². The van der Waals surface area contributed by atoms with Crippen LogP contribution in [-0.2, 0) is 15.9 Å². The van der Waals surface area contributed by atoms with E-state index in [4.69, 9.17) is 4.55 Å². The van der Waals surface area contributed by atoms with Crippen LogP contribution in [0.15, 0.2) is 0 Å². The van der Waals surface area contributed by atoms with E-state index in [2.05, 4.69) is 0 Å². The lowest BCUT2D eigenvalue weighted by Gasteiger charge is -2.38. The molecule has 1 saturated carbocycles. The Labute approximate surface area is 85.9 Å². The molecular formula is C9H15NO3S. The number of hydrogen-bond donors (Lipinski definition) is 1. The highest BCUT2D eigenvalue weighted by molar-refractivity contribution is 7.80. The second-order valence-electron chi connectivity index (χ2n) is 4.12. The van der Waals surface area contributed by atoms with Crippen molar-refractivity contribution in [1.29, 1.82) is 0 Å². The number of carbonyl (C=O) groups excluding carboxylic acids is 1. The van der Waals surface area contributed by atoms with E-state index < -0.39 is 11.1 Å². The van der Waals surface area contributed by atoms with Crippen molar-refractivity contribution in [3.8, 4) is 0 Å². The Morgan fingerprint density at radius 1 is 1.29 bits per heavy atom. The molecule has 0 spiro atoms. The number of likely N-dealkylation sites (tertiary alicyclic amines) is 1. The predicted octanol–water partition coefficient (Wildman–Crippen LogP) is 0.609. The minimum absolute atomic E-state index is 0.197. The third-order valence-electron chi connectivity index (χ3n) is 3.15. The van der Waals surface area contributed by atoms with Crippen LogP contribution in [0.1, 0.15) is 25.7 Å². The fourth-order valence-corrected chi connectivity index (χ4v) is 2.79. The van der Waals surface area contributed by atoms with Crippen molar-refractivity contribution in [1.82, 2.24) is 4.90 Å². The molecule has 0 aromatic rings. The van der Waals surface area contributed by atoms with Crippen molar-refractivity contribution in [3.05, 3.63) is 0 Å².